The number of methoxy groups -OCH3 is 1. The first-order valence-electron chi connectivity index (χ1n) is 9.57. The molecule has 12 heteroatoms. The van der Waals surface area contributed by atoms with Gasteiger partial charge in [0.15, 0.2) is 0 Å². The topological polar surface area (TPSA) is 137 Å². The first kappa shape index (κ1) is 25.6. The Kier molecular flexibility index (Phi) is 10.0. The molecule has 1 unspecified atom stereocenters. The number of ether oxygens (including phenoxy) is 1. The summed E-state index contributed by atoms with van der Waals surface area (Å²) in [6.45, 7) is 1.88. The highest BCUT2D eigenvalue weighted by Crippen LogP contribution is 2.21. The number of carbonyl (C=O) groups is 3. The van der Waals surface area contributed by atoms with E-state index in [9.17, 15) is 22.8 Å². The summed E-state index contributed by atoms with van der Waals surface area (Å²) >= 11 is 0. The van der Waals surface area contributed by atoms with Crippen molar-refractivity contribution in [3.63, 3.8) is 0 Å². The highest BCUT2D eigenvalue weighted by atomic mass is 19.4. The number of alkyl halides is 3. The second-order valence-electron chi connectivity index (χ2n) is 7.11. The third-order valence-corrected chi connectivity index (χ3v) is 4.97. The SMILES string of the molecule is COC[C@@H]1CCCN1C(=O)CCC(N)C(=O)N1CCC[C@H]1C#N.O=C(O)C(F)(F)F. The standard InChI is InChI=1S/C16H26N4O3.C2HF3O2/c1-23-11-13-5-3-8-19(13)15(21)7-6-14(18)16(22)20-9-2-4-12(20)10-17;3-2(4,5)1(6)7/h12-14H,2-9,11,18H2,1H3;(H,6,7)/t12-,13-,14?;/m0./s1. The van der Waals surface area contributed by atoms with Crippen LogP contribution in [-0.4, -0.2) is 83.8 Å². The summed E-state index contributed by atoms with van der Waals surface area (Å²) in [5, 5.41) is 16.2. The van der Waals surface area contributed by atoms with E-state index in [0.29, 0.717) is 26.0 Å². The summed E-state index contributed by atoms with van der Waals surface area (Å²) in [5.41, 5.74) is 5.96. The van der Waals surface area contributed by atoms with Crippen molar-refractivity contribution in [1.29, 1.82) is 5.26 Å². The lowest BCUT2D eigenvalue weighted by Crippen LogP contribution is -2.46. The number of aliphatic carboxylic acids is 1. The van der Waals surface area contributed by atoms with E-state index in [4.69, 9.17) is 25.6 Å². The van der Waals surface area contributed by atoms with E-state index in [-0.39, 0.29) is 30.3 Å². The highest BCUT2D eigenvalue weighted by molar-refractivity contribution is 5.84. The van der Waals surface area contributed by atoms with Crippen LogP contribution >= 0.6 is 0 Å². The molecule has 0 aromatic rings. The fraction of sp³-hybridized carbons (Fsp3) is 0.778. The number of rotatable bonds is 6. The fourth-order valence-electron chi connectivity index (χ4n) is 3.45. The first-order valence-corrected chi connectivity index (χ1v) is 9.57. The molecule has 0 aliphatic carbocycles. The van der Waals surface area contributed by atoms with Crippen LogP contribution < -0.4 is 5.73 Å². The van der Waals surface area contributed by atoms with Crippen LogP contribution in [0.3, 0.4) is 0 Å². The van der Waals surface area contributed by atoms with Gasteiger partial charge >= 0.3 is 12.1 Å². The van der Waals surface area contributed by atoms with Gasteiger partial charge in [0.25, 0.3) is 0 Å². The summed E-state index contributed by atoms with van der Waals surface area (Å²) < 4.78 is 36.9. The summed E-state index contributed by atoms with van der Waals surface area (Å²) in [5.74, 6) is -2.93. The van der Waals surface area contributed by atoms with E-state index in [0.717, 1.165) is 25.8 Å². The molecule has 9 nitrogen and oxygen atoms in total. The third-order valence-electron chi connectivity index (χ3n) is 4.97. The first-order chi connectivity index (χ1) is 14.0. The lowest BCUT2D eigenvalue weighted by Gasteiger charge is -2.26. The molecule has 30 heavy (non-hydrogen) atoms. The lowest BCUT2D eigenvalue weighted by molar-refractivity contribution is -0.192. The van der Waals surface area contributed by atoms with Gasteiger partial charge in [0.1, 0.15) is 6.04 Å². The summed E-state index contributed by atoms with van der Waals surface area (Å²) in [7, 11) is 1.64. The Balaban J connectivity index is 0.000000553. The number of carboxylic acid groups (broad SMARTS) is 1. The number of nitrogens with zero attached hydrogens (tertiary/aromatic N) is 3. The molecular formula is C18H27F3N4O5. The second-order valence-corrected chi connectivity index (χ2v) is 7.11. The molecule has 170 valence electrons. The van der Waals surface area contributed by atoms with Gasteiger partial charge in [0, 0.05) is 26.6 Å². The molecule has 2 rings (SSSR count). The zero-order valence-corrected chi connectivity index (χ0v) is 16.7. The molecule has 0 saturated carbocycles. The van der Waals surface area contributed by atoms with Gasteiger partial charge in [-0.2, -0.15) is 18.4 Å². The Morgan fingerprint density at radius 3 is 2.33 bits per heavy atom. The van der Waals surface area contributed by atoms with Crippen LogP contribution in [0.5, 0.6) is 0 Å². The van der Waals surface area contributed by atoms with Crippen LogP contribution in [0.4, 0.5) is 13.2 Å². The van der Waals surface area contributed by atoms with Crippen LogP contribution in [0, 0.1) is 11.3 Å². The molecule has 0 aromatic carbocycles. The maximum Gasteiger partial charge on any atom is 0.490 e. The number of likely N-dealkylation sites (tertiary alicyclic amines) is 2. The second kappa shape index (κ2) is 11.7. The Morgan fingerprint density at radius 1 is 1.23 bits per heavy atom. The average molecular weight is 436 g/mol. The number of nitrogens with two attached hydrogens (primary N) is 1. The van der Waals surface area contributed by atoms with E-state index in [2.05, 4.69) is 6.07 Å². The van der Waals surface area contributed by atoms with Gasteiger partial charge in [-0.1, -0.05) is 0 Å². The van der Waals surface area contributed by atoms with Crippen LogP contribution in [0.15, 0.2) is 0 Å². The average Bonchev–Trinajstić information content (AvgIpc) is 3.34. The van der Waals surface area contributed by atoms with Crippen molar-refractivity contribution in [1.82, 2.24) is 9.80 Å². The van der Waals surface area contributed by atoms with Crippen molar-refractivity contribution in [2.75, 3.05) is 26.8 Å². The predicted octanol–water partition coefficient (Wildman–Crippen LogP) is 0.879. The normalized spacial score (nSPS) is 22.1. The quantitative estimate of drug-likeness (QED) is 0.630. The van der Waals surface area contributed by atoms with E-state index in [1.807, 2.05) is 4.90 Å². The summed E-state index contributed by atoms with van der Waals surface area (Å²) in [6.07, 6.45) is -1.01. The molecule has 0 spiro atoms. The van der Waals surface area contributed by atoms with Crippen molar-refractivity contribution in [2.45, 2.75) is 62.8 Å². The van der Waals surface area contributed by atoms with Gasteiger partial charge in [0.05, 0.1) is 24.8 Å². The van der Waals surface area contributed by atoms with Crippen LogP contribution in [-0.2, 0) is 19.1 Å². The predicted molar refractivity (Wildman–Crippen MR) is 97.9 cm³/mol. The van der Waals surface area contributed by atoms with Crippen molar-refractivity contribution in [3.05, 3.63) is 0 Å². The van der Waals surface area contributed by atoms with Gasteiger partial charge in [-0.15, -0.1) is 0 Å². The molecule has 2 heterocycles. The van der Waals surface area contributed by atoms with Crippen LogP contribution in [0.1, 0.15) is 38.5 Å². The minimum absolute atomic E-state index is 0.0334. The zero-order valence-electron chi connectivity index (χ0n) is 16.7. The Hall–Kier alpha value is -2.39. The molecule has 2 aliphatic rings. The Labute approximate surface area is 172 Å². The molecule has 2 aliphatic heterocycles. The third kappa shape index (κ3) is 7.46. The maximum atomic E-state index is 12.3. The number of amides is 2. The van der Waals surface area contributed by atoms with Crippen molar-refractivity contribution in [2.24, 2.45) is 5.73 Å². The molecule has 2 fully saturated rings. The van der Waals surface area contributed by atoms with Crippen molar-refractivity contribution >= 4 is 17.8 Å². The number of carbonyl (C=O) groups excluding carboxylic acids is 2. The number of nitriles is 1. The number of halogens is 3. The number of carboxylic acids is 1. The molecule has 3 atom stereocenters. The van der Waals surface area contributed by atoms with Gasteiger partial charge in [-0.25, -0.2) is 4.79 Å². The van der Waals surface area contributed by atoms with E-state index < -0.39 is 18.2 Å². The Morgan fingerprint density at radius 2 is 1.80 bits per heavy atom. The van der Waals surface area contributed by atoms with Crippen LogP contribution in [0.2, 0.25) is 0 Å². The molecule has 0 radical (unpaired) electrons. The lowest BCUT2D eigenvalue weighted by atomic mass is 10.1. The largest absolute Gasteiger partial charge is 0.490 e. The van der Waals surface area contributed by atoms with E-state index in [1.54, 1.807) is 12.0 Å². The summed E-state index contributed by atoms with van der Waals surface area (Å²) in [4.78, 5) is 36.9. The molecule has 0 bridgehead atoms. The van der Waals surface area contributed by atoms with Gasteiger partial charge in [-0.3, -0.25) is 9.59 Å². The van der Waals surface area contributed by atoms with Crippen LogP contribution in [0.25, 0.3) is 0 Å². The van der Waals surface area contributed by atoms with Gasteiger partial charge in [0.2, 0.25) is 11.8 Å². The molecule has 0 aromatic heterocycles. The zero-order chi connectivity index (χ0) is 22.9. The monoisotopic (exact) mass is 436 g/mol. The molecular weight excluding hydrogens is 409 g/mol. The smallest absolute Gasteiger partial charge is 0.475 e. The van der Waals surface area contributed by atoms with Crippen molar-refractivity contribution < 1.29 is 37.4 Å². The minimum atomic E-state index is -5.08. The Bertz CT molecular complexity index is 653. The minimum Gasteiger partial charge on any atom is -0.475 e. The van der Waals surface area contributed by atoms with Gasteiger partial charge in [-0.05, 0) is 32.1 Å². The maximum absolute atomic E-state index is 12.3. The highest BCUT2D eigenvalue weighted by Gasteiger charge is 2.38. The molecule has 2 amide bonds. The number of hydrogen-bond donors (Lipinski definition) is 2. The summed E-state index contributed by atoms with van der Waals surface area (Å²) in [6, 6.07) is 1.20. The number of hydrogen-bond acceptors (Lipinski definition) is 6. The van der Waals surface area contributed by atoms with Gasteiger partial charge < -0.3 is 25.4 Å². The molecule has 3 N–H and O–H groups in total. The van der Waals surface area contributed by atoms with E-state index >= 15 is 0 Å². The fourth-order valence-corrected chi connectivity index (χ4v) is 3.45. The molecule has 2 saturated heterocycles. The van der Waals surface area contributed by atoms with Crippen molar-refractivity contribution in [3.8, 4) is 6.07 Å². The van der Waals surface area contributed by atoms with E-state index in [1.165, 1.54) is 0 Å².